The van der Waals surface area contributed by atoms with Crippen molar-refractivity contribution in [3.8, 4) is 28.1 Å². The summed E-state index contributed by atoms with van der Waals surface area (Å²) in [5.41, 5.74) is 7.37. The molecule has 140 valence electrons. The van der Waals surface area contributed by atoms with Crippen LogP contribution in [0.5, 0.6) is 0 Å². The number of nitrogen functional groups attached to an aromatic ring is 1. The van der Waals surface area contributed by atoms with Gasteiger partial charge in [-0.1, -0.05) is 12.1 Å². The van der Waals surface area contributed by atoms with Crippen molar-refractivity contribution in [3.63, 3.8) is 0 Å². The number of nitrogens with two attached hydrogens (primary N) is 1. The Bertz CT molecular complexity index is 1290. The van der Waals surface area contributed by atoms with Crippen LogP contribution in [-0.4, -0.2) is 14.1 Å². The lowest BCUT2D eigenvalue weighted by Crippen LogP contribution is -2.25. The fourth-order valence-corrected chi connectivity index (χ4v) is 3.58. The molecule has 0 aliphatic heterocycles. The number of benzene rings is 1. The molecule has 0 bridgehead atoms. The SMILES string of the molecule is Cn1c(N)nc(-c2cccc(F)c2)c(-c2ccc(=O)n(-c3ccsc3)c2)c1=O. The molecule has 0 amide bonds. The number of hydrogen-bond donors (Lipinski definition) is 1. The summed E-state index contributed by atoms with van der Waals surface area (Å²) in [6.45, 7) is 0. The molecule has 0 aliphatic rings. The van der Waals surface area contributed by atoms with Crippen molar-refractivity contribution in [2.75, 3.05) is 5.73 Å². The molecule has 28 heavy (non-hydrogen) atoms. The van der Waals surface area contributed by atoms with Crippen LogP contribution < -0.4 is 16.9 Å². The van der Waals surface area contributed by atoms with E-state index in [9.17, 15) is 14.0 Å². The van der Waals surface area contributed by atoms with Gasteiger partial charge in [0.15, 0.2) is 0 Å². The van der Waals surface area contributed by atoms with Crippen molar-refractivity contribution in [1.29, 1.82) is 0 Å². The van der Waals surface area contributed by atoms with E-state index in [4.69, 9.17) is 5.73 Å². The van der Waals surface area contributed by atoms with Crippen molar-refractivity contribution in [1.82, 2.24) is 14.1 Å². The van der Waals surface area contributed by atoms with Gasteiger partial charge < -0.3 is 5.73 Å². The van der Waals surface area contributed by atoms with Gasteiger partial charge in [0.25, 0.3) is 11.1 Å². The van der Waals surface area contributed by atoms with Gasteiger partial charge in [-0.05, 0) is 29.6 Å². The number of hydrogen-bond acceptors (Lipinski definition) is 5. The maximum absolute atomic E-state index is 13.8. The molecular weight excluding hydrogens is 379 g/mol. The lowest BCUT2D eigenvalue weighted by Gasteiger charge is -2.14. The smallest absolute Gasteiger partial charge is 0.263 e. The Balaban J connectivity index is 2.03. The third kappa shape index (κ3) is 3.03. The van der Waals surface area contributed by atoms with Crippen LogP contribution in [-0.2, 0) is 7.05 Å². The maximum atomic E-state index is 13.8. The van der Waals surface area contributed by atoms with Crippen molar-refractivity contribution < 1.29 is 4.39 Å². The molecule has 0 spiro atoms. The van der Waals surface area contributed by atoms with Crippen molar-refractivity contribution >= 4 is 17.3 Å². The van der Waals surface area contributed by atoms with Crippen LogP contribution in [0, 0.1) is 5.82 Å². The monoisotopic (exact) mass is 394 g/mol. The van der Waals surface area contributed by atoms with E-state index in [2.05, 4.69) is 4.98 Å². The Morgan fingerprint density at radius 3 is 2.64 bits per heavy atom. The minimum atomic E-state index is -0.451. The largest absolute Gasteiger partial charge is 0.369 e. The molecule has 0 fully saturated rings. The molecule has 0 atom stereocenters. The molecule has 8 heteroatoms. The summed E-state index contributed by atoms with van der Waals surface area (Å²) in [4.78, 5) is 29.6. The van der Waals surface area contributed by atoms with Gasteiger partial charge in [-0.25, -0.2) is 9.37 Å². The van der Waals surface area contributed by atoms with Gasteiger partial charge in [0.05, 0.1) is 16.9 Å². The number of nitrogens with zero attached hydrogens (tertiary/aromatic N) is 3. The predicted octanol–water partition coefficient (Wildman–Crippen LogP) is 3.05. The summed E-state index contributed by atoms with van der Waals surface area (Å²) in [6, 6.07) is 10.5. The molecule has 2 N–H and O–H groups in total. The molecule has 6 nitrogen and oxygen atoms in total. The second-order valence-corrected chi connectivity index (χ2v) is 6.96. The average molecular weight is 394 g/mol. The second kappa shape index (κ2) is 6.90. The predicted molar refractivity (Wildman–Crippen MR) is 108 cm³/mol. The molecule has 0 aliphatic carbocycles. The second-order valence-electron chi connectivity index (χ2n) is 6.18. The highest BCUT2D eigenvalue weighted by atomic mass is 32.1. The molecule has 0 unspecified atom stereocenters. The third-order valence-corrected chi connectivity index (χ3v) is 5.08. The Kier molecular flexibility index (Phi) is 4.40. The van der Waals surface area contributed by atoms with Crippen LogP contribution in [0.2, 0.25) is 0 Å². The van der Waals surface area contributed by atoms with E-state index in [1.807, 2.05) is 16.8 Å². The third-order valence-electron chi connectivity index (χ3n) is 4.41. The average Bonchev–Trinajstić information content (AvgIpc) is 3.21. The minimum Gasteiger partial charge on any atom is -0.369 e. The highest BCUT2D eigenvalue weighted by Crippen LogP contribution is 2.29. The number of thiophene rings is 1. The molecular formula is C20H15FN4O2S. The van der Waals surface area contributed by atoms with Gasteiger partial charge >= 0.3 is 0 Å². The highest BCUT2D eigenvalue weighted by Gasteiger charge is 2.18. The minimum absolute atomic E-state index is 0.0131. The number of pyridine rings is 1. The Morgan fingerprint density at radius 2 is 1.93 bits per heavy atom. The number of aromatic nitrogens is 3. The van der Waals surface area contributed by atoms with Crippen LogP contribution in [0.25, 0.3) is 28.1 Å². The molecule has 3 aromatic heterocycles. The van der Waals surface area contributed by atoms with Gasteiger partial charge in [0.2, 0.25) is 5.95 Å². The number of anilines is 1. The van der Waals surface area contributed by atoms with Crippen LogP contribution >= 0.6 is 11.3 Å². The molecule has 0 saturated heterocycles. The van der Waals surface area contributed by atoms with E-state index in [-0.39, 0.29) is 28.3 Å². The van der Waals surface area contributed by atoms with Crippen LogP contribution in [0.1, 0.15) is 0 Å². The first-order valence-electron chi connectivity index (χ1n) is 8.34. The molecule has 0 saturated carbocycles. The Hall–Kier alpha value is -3.52. The summed E-state index contributed by atoms with van der Waals surface area (Å²) < 4.78 is 16.5. The normalized spacial score (nSPS) is 10.9. The summed E-state index contributed by atoms with van der Waals surface area (Å²) in [5, 5.41) is 3.69. The summed E-state index contributed by atoms with van der Waals surface area (Å²) in [5.74, 6) is -0.438. The highest BCUT2D eigenvalue weighted by molar-refractivity contribution is 7.08. The van der Waals surface area contributed by atoms with E-state index in [0.717, 1.165) is 0 Å². The number of rotatable bonds is 3. The van der Waals surface area contributed by atoms with Crippen molar-refractivity contribution in [3.05, 3.63) is 85.9 Å². The topological polar surface area (TPSA) is 82.9 Å². The van der Waals surface area contributed by atoms with Crippen LogP contribution in [0.15, 0.2) is 69.0 Å². The first kappa shape index (κ1) is 17.9. The fraction of sp³-hybridized carbons (Fsp3) is 0.0500. The zero-order chi connectivity index (χ0) is 19.8. The molecule has 1 aromatic carbocycles. The number of halogens is 1. The maximum Gasteiger partial charge on any atom is 0.263 e. The molecule has 3 heterocycles. The zero-order valence-electron chi connectivity index (χ0n) is 14.8. The van der Waals surface area contributed by atoms with E-state index in [1.54, 1.807) is 18.3 Å². The quantitative estimate of drug-likeness (QED) is 0.579. The van der Waals surface area contributed by atoms with Crippen molar-refractivity contribution in [2.24, 2.45) is 7.05 Å². The van der Waals surface area contributed by atoms with E-state index < -0.39 is 5.82 Å². The molecule has 0 radical (unpaired) electrons. The van der Waals surface area contributed by atoms with E-state index in [0.29, 0.717) is 16.8 Å². The van der Waals surface area contributed by atoms with Gasteiger partial charge in [-0.2, -0.15) is 11.3 Å². The first-order valence-corrected chi connectivity index (χ1v) is 9.28. The Morgan fingerprint density at radius 1 is 1.11 bits per heavy atom. The summed E-state index contributed by atoms with van der Waals surface area (Å²) in [7, 11) is 1.51. The molecule has 4 aromatic rings. The van der Waals surface area contributed by atoms with Gasteiger partial charge in [0, 0.05) is 35.8 Å². The van der Waals surface area contributed by atoms with Gasteiger partial charge in [-0.15, -0.1) is 0 Å². The first-order chi connectivity index (χ1) is 13.5. The Labute approximate surface area is 163 Å². The van der Waals surface area contributed by atoms with Gasteiger partial charge in [-0.3, -0.25) is 18.7 Å². The van der Waals surface area contributed by atoms with Gasteiger partial charge in [0.1, 0.15) is 5.82 Å². The lowest BCUT2D eigenvalue weighted by atomic mass is 10.0. The summed E-state index contributed by atoms with van der Waals surface area (Å²) in [6.07, 6.45) is 1.59. The fourth-order valence-electron chi connectivity index (χ4n) is 2.95. The molecule has 4 rings (SSSR count). The van der Waals surface area contributed by atoms with E-state index >= 15 is 0 Å². The standard InChI is InChI=1S/C20H15FN4O2S/c1-24-19(27)17(18(23-20(24)22)12-3-2-4-14(21)9-12)13-5-6-16(26)25(10-13)15-7-8-28-11-15/h2-11H,1H3,(H2,22,23). The van der Waals surface area contributed by atoms with Crippen molar-refractivity contribution in [2.45, 2.75) is 0 Å². The lowest BCUT2D eigenvalue weighted by molar-refractivity contribution is 0.628. The summed E-state index contributed by atoms with van der Waals surface area (Å²) >= 11 is 1.46. The van der Waals surface area contributed by atoms with Crippen LogP contribution in [0.4, 0.5) is 10.3 Å². The van der Waals surface area contributed by atoms with Crippen LogP contribution in [0.3, 0.4) is 0 Å². The zero-order valence-corrected chi connectivity index (χ0v) is 15.6. The van der Waals surface area contributed by atoms with E-state index in [1.165, 1.54) is 51.8 Å².